The lowest BCUT2D eigenvalue weighted by Crippen LogP contribution is -2.38. The Hall–Kier alpha value is -5.77. The van der Waals surface area contributed by atoms with Gasteiger partial charge in [-0.25, -0.2) is 15.0 Å². The molecule has 0 spiro atoms. The molecule has 0 saturated carbocycles. The van der Waals surface area contributed by atoms with Gasteiger partial charge in [-0.3, -0.25) is 9.59 Å². The quantitative estimate of drug-likeness (QED) is 0.222. The normalized spacial score (nSPS) is 13.0. The summed E-state index contributed by atoms with van der Waals surface area (Å²) in [7, 11) is 0. The van der Waals surface area contributed by atoms with Gasteiger partial charge >= 0.3 is 0 Å². The molecule has 2 N–H and O–H groups in total. The highest BCUT2D eigenvalue weighted by Crippen LogP contribution is 2.28. The maximum absolute atomic E-state index is 13.2. The summed E-state index contributed by atoms with van der Waals surface area (Å²) in [6.45, 7) is 8.33. The fraction of sp³-hybridized carbons (Fsp3) is 0.194. The molecule has 6 aromatic rings. The topological polar surface area (TPSA) is 109 Å². The predicted octanol–water partition coefficient (Wildman–Crippen LogP) is 6.54. The van der Waals surface area contributed by atoms with Crippen molar-refractivity contribution in [3.8, 4) is 11.3 Å². The fourth-order valence-electron chi connectivity index (χ4n) is 5.60. The first-order valence-electron chi connectivity index (χ1n) is 15.2. The minimum atomic E-state index is -0.175. The second-order valence-corrected chi connectivity index (χ2v) is 12.5. The molecule has 7 rings (SSSR count). The molecule has 10 heteroatoms. The monoisotopic (exact) mass is 610 g/mol. The number of rotatable bonds is 6. The predicted molar refractivity (Wildman–Crippen MR) is 178 cm³/mol. The average Bonchev–Trinajstić information content (AvgIpc) is 3.74. The van der Waals surface area contributed by atoms with Crippen molar-refractivity contribution in [3.05, 3.63) is 126 Å². The molecule has 10 nitrogen and oxygen atoms in total. The van der Waals surface area contributed by atoms with Crippen molar-refractivity contribution in [1.29, 1.82) is 0 Å². The van der Waals surface area contributed by atoms with E-state index >= 15 is 0 Å². The standard InChI is InChI=1S/C36H34N8O2/c1-36(2,3)27-11-7-24(8-12-27)34(45)40-29-6-4-5-26(21-29)30-22-43-18-16-38-33(43)32(41-30)39-28-13-9-25(10-14-28)35(46)44-20-19-42-17-15-37-31(42)23-44/h4-18,21-22H,19-20,23H2,1-3H3,(H,39,41)(H,40,45). The third-order valence-electron chi connectivity index (χ3n) is 8.23. The molecule has 0 aliphatic carbocycles. The first kappa shape index (κ1) is 29.0. The Kier molecular flexibility index (Phi) is 7.32. The zero-order valence-corrected chi connectivity index (χ0v) is 25.9. The number of carbonyl (C=O) groups excluding carboxylic acids is 2. The Balaban J connectivity index is 1.08. The first-order chi connectivity index (χ1) is 22.2. The van der Waals surface area contributed by atoms with E-state index in [1.807, 2.05) is 101 Å². The number of benzene rings is 3. The summed E-state index contributed by atoms with van der Waals surface area (Å²) in [5.41, 5.74) is 6.05. The lowest BCUT2D eigenvalue weighted by atomic mass is 9.87. The number of hydrogen-bond donors (Lipinski definition) is 2. The van der Waals surface area contributed by atoms with Crippen LogP contribution < -0.4 is 10.6 Å². The summed E-state index contributed by atoms with van der Waals surface area (Å²) < 4.78 is 3.98. The molecule has 0 bridgehead atoms. The smallest absolute Gasteiger partial charge is 0.255 e. The van der Waals surface area contributed by atoms with E-state index in [0.717, 1.165) is 23.6 Å². The van der Waals surface area contributed by atoms with Crippen LogP contribution in [0.1, 0.15) is 52.9 Å². The van der Waals surface area contributed by atoms with E-state index < -0.39 is 0 Å². The molecular weight excluding hydrogens is 576 g/mol. The van der Waals surface area contributed by atoms with E-state index in [0.29, 0.717) is 47.1 Å². The van der Waals surface area contributed by atoms with Crippen molar-refractivity contribution >= 4 is 34.7 Å². The number of nitrogens with zero attached hydrogens (tertiary/aromatic N) is 6. The molecule has 0 unspecified atom stereocenters. The van der Waals surface area contributed by atoms with Crippen molar-refractivity contribution < 1.29 is 9.59 Å². The number of amides is 2. The van der Waals surface area contributed by atoms with Crippen molar-refractivity contribution in [2.45, 2.75) is 39.3 Å². The SMILES string of the molecule is CC(C)(C)c1ccc(C(=O)Nc2cccc(-c3cn4ccnc4c(Nc4ccc(C(=O)N5CCn6ccnc6C5)cc4)n3)c2)cc1. The molecule has 0 fully saturated rings. The molecule has 0 radical (unpaired) electrons. The van der Waals surface area contributed by atoms with Gasteiger partial charge in [-0.15, -0.1) is 0 Å². The van der Waals surface area contributed by atoms with Crippen LogP contribution in [0.5, 0.6) is 0 Å². The van der Waals surface area contributed by atoms with Crippen molar-refractivity contribution in [2.24, 2.45) is 0 Å². The number of aromatic nitrogens is 5. The van der Waals surface area contributed by atoms with Crippen molar-refractivity contribution in [3.63, 3.8) is 0 Å². The number of anilines is 3. The van der Waals surface area contributed by atoms with Gasteiger partial charge in [0, 0.05) is 72.1 Å². The van der Waals surface area contributed by atoms with Crippen molar-refractivity contribution in [1.82, 2.24) is 28.8 Å². The first-order valence-corrected chi connectivity index (χ1v) is 15.2. The van der Waals surface area contributed by atoms with E-state index in [2.05, 4.69) is 45.9 Å². The molecule has 3 aromatic heterocycles. The summed E-state index contributed by atoms with van der Waals surface area (Å²) in [5.74, 6) is 1.26. The van der Waals surface area contributed by atoms with Gasteiger partial charge in [0.1, 0.15) is 5.82 Å². The lowest BCUT2D eigenvalue weighted by Gasteiger charge is -2.27. The number of imidazole rings is 2. The molecule has 0 atom stereocenters. The van der Waals surface area contributed by atoms with Gasteiger partial charge in [-0.1, -0.05) is 45.0 Å². The van der Waals surface area contributed by atoms with Crippen molar-refractivity contribution in [2.75, 3.05) is 17.2 Å². The van der Waals surface area contributed by atoms with Crippen LogP contribution in [0, 0.1) is 0 Å². The van der Waals surface area contributed by atoms with Gasteiger partial charge < -0.3 is 24.5 Å². The van der Waals surface area contributed by atoms with Gasteiger partial charge in [-0.05, 0) is 59.5 Å². The van der Waals surface area contributed by atoms with Gasteiger partial charge in [0.25, 0.3) is 11.8 Å². The van der Waals surface area contributed by atoms with Crippen LogP contribution in [0.3, 0.4) is 0 Å². The van der Waals surface area contributed by atoms with Gasteiger partial charge in [0.2, 0.25) is 0 Å². The molecule has 4 heterocycles. The third-order valence-corrected chi connectivity index (χ3v) is 8.23. The Morgan fingerprint density at radius 1 is 0.826 bits per heavy atom. The molecule has 2 amide bonds. The van der Waals surface area contributed by atoms with Crippen LogP contribution in [0.2, 0.25) is 0 Å². The average molecular weight is 611 g/mol. The maximum Gasteiger partial charge on any atom is 0.255 e. The summed E-state index contributed by atoms with van der Waals surface area (Å²) in [6, 6.07) is 22.7. The zero-order chi connectivity index (χ0) is 31.8. The second-order valence-electron chi connectivity index (χ2n) is 12.5. The highest BCUT2D eigenvalue weighted by Gasteiger charge is 2.22. The fourth-order valence-corrected chi connectivity index (χ4v) is 5.60. The lowest BCUT2D eigenvalue weighted by molar-refractivity contribution is 0.0707. The van der Waals surface area contributed by atoms with E-state index in [1.165, 1.54) is 5.56 Å². The minimum absolute atomic E-state index is 0.0163. The summed E-state index contributed by atoms with van der Waals surface area (Å²) >= 11 is 0. The summed E-state index contributed by atoms with van der Waals surface area (Å²) in [4.78, 5) is 41.8. The minimum Gasteiger partial charge on any atom is -0.337 e. The van der Waals surface area contributed by atoms with E-state index in [9.17, 15) is 9.59 Å². The number of fused-ring (bicyclic) bond motifs is 2. The summed E-state index contributed by atoms with van der Waals surface area (Å²) in [5, 5.41) is 6.40. The highest BCUT2D eigenvalue weighted by molar-refractivity contribution is 6.04. The van der Waals surface area contributed by atoms with E-state index in [4.69, 9.17) is 4.98 Å². The molecule has 3 aromatic carbocycles. The largest absolute Gasteiger partial charge is 0.337 e. The van der Waals surface area contributed by atoms with E-state index in [1.54, 1.807) is 12.4 Å². The maximum atomic E-state index is 13.2. The number of nitrogens with one attached hydrogen (secondary N) is 2. The Morgan fingerprint density at radius 2 is 1.59 bits per heavy atom. The van der Waals surface area contributed by atoms with Crippen LogP contribution >= 0.6 is 0 Å². The number of carbonyl (C=O) groups is 2. The molecule has 0 saturated heterocycles. The molecule has 230 valence electrons. The zero-order valence-electron chi connectivity index (χ0n) is 25.9. The van der Waals surface area contributed by atoms with Gasteiger partial charge in [0.15, 0.2) is 11.5 Å². The van der Waals surface area contributed by atoms with Crippen LogP contribution in [-0.4, -0.2) is 47.2 Å². The van der Waals surface area contributed by atoms with Gasteiger partial charge in [-0.2, -0.15) is 0 Å². The summed E-state index contributed by atoms with van der Waals surface area (Å²) in [6.07, 6.45) is 9.21. The molecule has 1 aliphatic heterocycles. The second kappa shape index (κ2) is 11.6. The molecular formula is C36H34N8O2. The molecule has 1 aliphatic rings. The Labute approximate surface area is 266 Å². The van der Waals surface area contributed by atoms with Crippen LogP contribution in [-0.2, 0) is 18.5 Å². The van der Waals surface area contributed by atoms with Gasteiger partial charge in [0.05, 0.1) is 12.2 Å². The number of hydrogen-bond acceptors (Lipinski definition) is 6. The Bertz CT molecular complexity index is 2050. The van der Waals surface area contributed by atoms with E-state index in [-0.39, 0.29) is 17.2 Å². The third kappa shape index (κ3) is 5.84. The molecule has 46 heavy (non-hydrogen) atoms. The van der Waals surface area contributed by atoms with Crippen LogP contribution in [0.4, 0.5) is 17.2 Å². The Morgan fingerprint density at radius 3 is 2.37 bits per heavy atom. The van der Waals surface area contributed by atoms with Crippen LogP contribution in [0.25, 0.3) is 16.9 Å². The highest BCUT2D eigenvalue weighted by atomic mass is 16.2. The van der Waals surface area contributed by atoms with Crippen LogP contribution in [0.15, 0.2) is 104 Å².